The third-order valence-corrected chi connectivity index (χ3v) is 3.35. The van der Waals surface area contributed by atoms with Crippen LogP contribution in [0.5, 0.6) is 5.75 Å². The van der Waals surface area contributed by atoms with E-state index in [2.05, 4.69) is 4.98 Å². The number of nitrogens with zero attached hydrogens (tertiary/aromatic N) is 1. The summed E-state index contributed by atoms with van der Waals surface area (Å²) in [4.78, 5) is 4.39. The van der Waals surface area contributed by atoms with Crippen molar-refractivity contribution in [2.75, 3.05) is 12.4 Å². The fourth-order valence-corrected chi connectivity index (χ4v) is 2.18. The third kappa shape index (κ3) is 5.46. The van der Waals surface area contributed by atoms with Gasteiger partial charge in [-0.3, -0.25) is 4.98 Å². The Morgan fingerprint density at radius 1 is 1.33 bits per heavy atom. The minimum atomic E-state index is -3.36. The maximum absolute atomic E-state index is 10.7. The highest BCUT2D eigenvalue weighted by molar-refractivity contribution is 7.89. The van der Waals surface area contributed by atoms with E-state index in [1.165, 1.54) is 0 Å². The van der Waals surface area contributed by atoms with Crippen molar-refractivity contribution in [1.29, 1.82) is 0 Å². The van der Waals surface area contributed by atoms with Crippen LogP contribution in [0.25, 0.3) is 0 Å². The summed E-state index contributed by atoms with van der Waals surface area (Å²) in [5.41, 5.74) is 1.90. The average Bonchev–Trinajstić information content (AvgIpc) is 2.28. The largest absolute Gasteiger partial charge is 0.492 e. The summed E-state index contributed by atoms with van der Waals surface area (Å²) in [6.45, 7) is 4.44. The van der Waals surface area contributed by atoms with Crippen LogP contribution in [0, 0.1) is 6.92 Å². The fourth-order valence-electron chi connectivity index (χ4n) is 1.57. The second kappa shape index (κ2) is 6.70. The van der Waals surface area contributed by atoms with Gasteiger partial charge in [0.15, 0.2) is 0 Å². The zero-order valence-electron chi connectivity index (χ0n) is 10.8. The molecule has 0 aliphatic heterocycles. The number of aromatic nitrogens is 1. The monoisotopic (exact) mass is 272 g/mol. The van der Waals surface area contributed by atoms with Gasteiger partial charge in [-0.1, -0.05) is 6.92 Å². The molecule has 0 saturated carbocycles. The number of ether oxygens (including phenoxy) is 1. The average molecular weight is 272 g/mol. The summed E-state index contributed by atoms with van der Waals surface area (Å²) in [5, 5.41) is 4.91. The molecule has 0 aliphatic rings. The number of sulfonamides is 1. The molecule has 0 amide bonds. The van der Waals surface area contributed by atoms with Gasteiger partial charge in [-0.05, 0) is 38.3 Å². The van der Waals surface area contributed by atoms with Gasteiger partial charge in [0, 0.05) is 5.69 Å². The SMILES string of the molecule is CCc1nc(C)ccc1OCCCCS(N)(=O)=O. The molecule has 0 radical (unpaired) electrons. The van der Waals surface area contributed by atoms with Crippen molar-refractivity contribution in [2.45, 2.75) is 33.1 Å². The van der Waals surface area contributed by atoms with E-state index in [0.717, 1.165) is 23.6 Å². The topological polar surface area (TPSA) is 82.3 Å². The number of primary sulfonamides is 1. The second-order valence-electron chi connectivity index (χ2n) is 4.17. The van der Waals surface area contributed by atoms with E-state index >= 15 is 0 Å². The Morgan fingerprint density at radius 2 is 2.06 bits per heavy atom. The minimum Gasteiger partial charge on any atom is -0.492 e. The number of nitrogens with two attached hydrogens (primary N) is 1. The van der Waals surface area contributed by atoms with Gasteiger partial charge in [0.1, 0.15) is 5.75 Å². The Labute approximate surface area is 108 Å². The first-order valence-corrected chi connectivity index (χ1v) is 7.73. The van der Waals surface area contributed by atoms with E-state index in [-0.39, 0.29) is 5.75 Å². The van der Waals surface area contributed by atoms with Crippen LogP contribution in [0.2, 0.25) is 0 Å². The van der Waals surface area contributed by atoms with E-state index in [1.54, 1.807) is 0 Å². The Bertz CT molecular complexity index is 486. The molecule has 0 unspecified atom stereocenters. The Morgan fingerprint density at radius 3 is 2.67 bits per heavy atom. The highest BCUT2D eigenvalue weighted by atomic mass is 32.2. The number of pyridine rings is 1. The molecule has 0 fully saturated rings. The molecule has 1 rings (SSSR count). The summed E-state index contributed by atoms with van der Waals surface area (Å²) in [6, 6.07) is 3.81. The maximum atomic E-state index is 10.7. The maximum Gasteiger partial charge on any atom is 0.209 e. The van der Waals surface area contributed by atoms with Crippen molar-refractivity contribution in [2.24, 2.45) is 5.14 Å². The number of rotatable bonds is 7. The summed E-state index contributed by atoms with van der Waals surface area (Å²) < 4.78 is 27.1. The smallest absolute Gasteiger partial charge is 0.209 e. The number of aryl methyl sites for hydroxylation is 2. The van der Waals surface area contributed by atoms with Gasteiger partial charge < -0.3 is 4.74 Å². The molecule has 0 bridgehead atoms. The van der Waals surface area contributed by atoms with Crippen LogP contribution in [0.15, 0.2) is 12.1 Å². The summed E-state index contributed by atoms with van der Waals surface area (Å²) in [5.74, 6) is 0.780. The summed E-state index contributed by atoms with van der Waals surface area (Å²) in [7, 11) is -3.36. The van der Waals surface area contributed by atoms with Gasteiger partial charge in [0.05, 0.1) is 18.1 Å². The van der Waals surface area contributed by atoms with Crippen molar-refractivity contribution in [1.82, 2.24) is 4.98 Å². The third-order valence-electron chi connectivity index (χ3n) is 2.49. The first-order valence-electron chi connectivity index (χ1n) is 6.02. The highest BCUT2D eigenvalue weighted by Gasteiger charge is 2.05. The van der Waals surface area contributed by atoms with Gasteiger partial charge in [-0.15, -0.1) is 0 Å². The summed E-state index contributed by atoms with van der Waals surface area (Å²) >= 11 is 0. The molecule has 0 atom stereocenters. The van der Waals surface area contributed by atoms with E-state index in [0.29, 0.717) is 19.4 Å². The van der Waals surface area contributed by atoms with Crippen molar-refractivity contribution < 1.29 is 13.2 Å². The molecule has 5 nitrogen and oxygen atoms in total. The van der Waals surface area contributed by atoms with Gasteiger partial charge in [0.25, 0.3) is 0 Å². The molecular formula is C12H20N2O3S. The molecule has 6 heteroatoms. The molecule has 102 valence electrons. The Balaban J connectivity index is 2.40. The highest BCUT2D eigenvalue weighted by Crippen LogP contribution is 2.17. The van der Waals surface area contributed by atoms with Gasteiger partial charge in [-0.2, -0.15) is 0 Å². The van der Waals surface area contributed by atoms with Crippen LogP contribution in [-0.2, 0) is 16.4 Å². The lowest BCUT2D eigenvalue weighted by molar-refractivity contribution is 0.305. The van der Waals surface area contributed by atoms with Crippen LogP contribution in [0.4, 0.5) is 0 Å². The molecule has 0 aliphatic carbocycles. The van der Waals surface area contributed by atoms with Crippen molar-refractivity contribution in [3.8, 4) is 5.75 Å². The standard InChI is InChI=1S/C12H20N2O3S/c1-3-11-12(7-6-10(2)14-11)17-8-4-5-9-18(13,15)16/h6-7H,3-5,8-9H2,1-2H3,(H2,13,15,16). The van der Waals surface area contributed by atoms with Gasteiger partial charge in [-0.25, -0.2) is 13.6 Å². The number of unbranched alkanes of at least 4 members (excludes halogenated alkanes) is 1. The Kier molecular flexibility index (Phi) is 5.55. The van der Waals surface area contributed by atoms with Crippen molar-refractivity contribution in [3.63, 3.8) is 0 Å². The second-order valence-corrected chi connectivity index (χ2v) is 5.91. The van der Waals surface area contributed by atoms with Crippen LogP contribution < -0.4 is 9.88 Å². The van der Waals surface area contributed by atoms with Crippen LogP contribution in [0.3, 0.4) is 0 Å². The first kappa shape index (κ1) is 14.9. The van der Waals surface area contributed by atoms with Gasteiger partial charge in [0.2, 0.25) is 10.0 Å². The number of hydrogen-bond acceptors (Lipinski definition) is 4. The number of hydrogen-bond donors (Lipinski definition) is 1. The zero-order chi connectivity index (χ0) is 13.6. The van der Waals surface area contributed by atoms with Crippen molar-refractivity contribution in [3.05, 3.63) is 23.5 Å². The quantitative estimate of drug-likeness (QED) is 0.761. The minimum absolute atomic E-state index is 0.00312. The van der Waals surface area contributed by atoms with Crippen LogP contribution >= 0.6 is 0 Å². The normalized spacial score (nSPS) is 11.5. The van der Waals surface area contributed by atoms with Crippen LogP contribution in [-0.4, -0.2) is 25.8 Å². The first-order chi connectivity index (χ1) is 8.42. The molecule has 1 heterocycles. The van der Waals surface area contributed by atoms with E-state index < -0.39 is 10.0 Å². The van der Waals surface area contributed by atoms with E-state index in [4.69, 9.17) is 9.88 Å². The molecule has 0 aromatic carbocycles. The lowest BCUT2D eigenvalue weighted by atomic mass is 10.2. The molecule has 0 saturated heterocycles. The molecule has 18 heavy (non-hydrogen) atoms. The zero-order valence-corrected chi connectivity index (χ0v) is 11.7. The molecule has 1 aromatic heterocycles. The predicted octanol–water partition coefficient (Wildman–Crippen LogP) is 1.40. The summed E-state index contributed by atoms with van der Waals surface area (Å²) in [6.07, 6.45) is 1.99. The lowest BCUT2D eigenvalue weighted by Gasteiger charge is -2.10. The Hall–Kier alpha value is -1.14. The molecule has 2 N–H and O–H groups in total. The van der Waals surface area contributed by atoms with Crippen molar-refractivity contribution >= 4 is 10.0 Å². The molecule has 1 aromatic rings. The van der Waals surface area contributed by atoms with Crippen LogP contribution in [0.1, 0.15) is 31.2 Å². The predicted molar refractivity (Wildman–Crippen MR) is 71.1 cm³/mol. The fraction of sp³-hybridized carbons (Fsp3) is 0.583. The molecular weight excluding hydrogens is 252 g/mol. The van der Waals surface area contributed by atoms with E-state index in [1.807, 2.05) is 26.0 Å². The van der Waals surface area contributed by atoms with E-state index in [9.17, 15) is 8.42 Å². The lowest BCUT2D eigenvalue weighted by Crippen LogP contribution is -2.16. The molecule has 0 spiro atoms. The van der Waals surface area contributed by atoms with Gasteiger partial charge >= 0.3 is 0 Å².